The maximum Gasteiger partial charge on any atom is 0.311 e. The third-order valence-corrected chi connectivity index (χ3v) is 9.58. The number of aryl methyl sites for hydroxylation is 2. The van der Waals surface area contributed by atoms with Crippen molar-refractivity contribution in [1.82, 2.24) is 14.5 Å². The Hall–Kier alpha value is -3.53. The van der Waals surface area contributed by atoms with Crippen LogP contribution in [0.25, 0.3) is 11.0 Å². The zero-order valence-electron chi connectivity index (χ0n) is 26.5. The monoisotopic (exact) mass is 699 g/mol. The molecule has 1 saturated carbocycles. The van der Waals surface area contributed by atoms with Crippen molar-refractivity contribution in [2.75, 3.05) is 65.7 Å². The van der Waals surface area contributed by atoms with Gasteiger partial charge in [-0.15, -0.1) is 37.3 Å². The Morgan fingerprint density at radius 2 is 1.81 bits per heavy atom. The molecule has 250 valence electrons. The van der Waals surface area contributed by atoms with E-state index in [0.29, 0.717) is 81.5 Å². The number of nitroso groups, excluding NO2 is 1. The molecule has 1 aliphatic heterocycles. The van der Waals surface area contributed by atoms with Gasteiger partial charge in [0.25, 0.3) is 0 Å². The lowest BCUT2D eigenvalue weighted by atomic mass is 10.1. The van der Waals surface area contributed by atoms with E-state index in [1.54, 1.807) is 0 Å². The fraction of sp³-hybridized carbons (Fsp3) is 0.455. The number of aldehydes is 1. The van der Waals surface area contributed by atoms with Gasteiger partial charge in [-0.3, -0.25) is 14.4 Å². The van der Waals surface area contributed by atoms with Crippen LogP contribution in [-0.2, 0) is 23.1 Å². The number of aromatic nitrogens is 2. The van der Waals surface area contributed by atoms with Crippen molar-refractivity contribution in [2.24, 2.45) is 12.2 Å². The second-order valence-corrected chi connectivity index (χ2v) is 13.2. The standard InChI is InChI=1S/C33H40Cl2N7O4P/c1-38-27-8-7-25(39(13-10-34)14-11-35)20-26(27)36-31(38)3-2-4-33(45)41-17-15-40(16-18-41)29-21-28(23(22-43)19-30(29)47)42(24-5-6-24)12-9-32(44)37-46/h7-9,12,19-22,24H,2-6,10-11,13-18,47H2,1H3/b12-9+. The van der Waals surface area contributed by atoms with E-state index in [4.69, 9.17) is 28.2 Å². The van der Waals surface area contributed by atoms with Crippen LogP contribution < -0.4 is 20.0 Å². The molecule has 11 nitrogen and oxygen atoms in total. The second-order valence-electron chi connectivity index (χ2n) is 11.8. The highest BCUT2D eigenvalue weighted by molar-refractivity contribution is 7.28. The van der Waals surface area contributed by atoms with Crippen molar-refractivity contribution in [1.29, 1.82) is 0 Å². The van der Waals surface area contributed by atoms with Gasteiger partial charge >= 0.3 is 5.91 Å². The number of nitrogens with zero attached hydrogens (tertiary/aromatic N) is 7. The first-order valence-electron chi connectivity index (χ1n) is 15.9. The Bertz CT molecular complexity index is 1650. The number of alkyl halides is 2. The molecule has 0 radical (unpaired) electrons. The Morgan fingerprint density at radius 1 is 1.09 bits per heavy atom. The molecular weight excluding hydrogens is 660 g/mol. The number of carbonyl (C=O) groups excluding carboxylic acids is 3. The van der Waals surface area contributed by atoms with Crippen LogP contribution in [0.2, 0.25) is 0 Å². The summed E-state index contributed by atoms with van der Waals surface area (Å²) >= 11 is 12.0. The van der Waals surface area contributed by atoms with Gasteiger partial charge in [0.1, 0.15) is 5.82 Å². The van der Waals surface area contributed by atoms with Crippen LogP contribution in [0.4, 0.5) is 17.1 Å². The Labute approximate surface area is 287 Å². The van der Waals surface area contributed by atoms with E-state index in [-0.39, 0.29) is 11.9 Å². The predicted molar refractivity (Wildman–Crippen MR) is 193 cm³/mol. The van der Waals surface area contributed by atoms with Crippen LogP contribution in [0.15, 0.2) is 47.8 Å². The number of anilines is 3. The summed E-state index contributed by atoms with van der Waals surface area (Å²) in [5.74, 6) is 1.24. The lowest BCUT2D eigenvalue weighted by molar-refractivity contribution is -0.131. The van der Waals surface area contributed by atoms with Gasteiger partial charge in [0.05, 0.1) is 16.7 Å². The summed E-state index contributed by atoms with van der Waals surface area (Å²) in [6, 6.07) is 10.1. The number of piperazine rings is 1. The summed E-state index contributed by atoms with van der Waals surface area (Å²) in [5.41, 5.74) is 5.12. The van der Waals surface area contributed by atoms with Gasteiger partial charge < -0.3 is 24.2 Å². The van der Waals surface area contributed by atoms with Gasteiger partial charge in [-0.25, -0.2) is 4.98 Å². The minimum atomic E-state index is -0.873. The van der Waals surface area contributed by atoms with Gasteiger partial charge in [-0.1, -0.05) is 0 Å². The highest BCUT2D eigenvalue weighted by atomic mass is 35.5. The minimum Gasteiger partial charge on any atom is -0.369 e. The predicted octanol–water partition coefficient (Wildman–Crippen LogP) is 4.62. The van der Waals surface area contributed by atoms with Gasteiger partial charge in [0, 0.05) is 111 Å². The maximum absolute atomic E-state index is 13.2. The average Bonchev–Trinajstić information content (AvgIpc) is 3.88. The van der Waals surface area contributed by atoms with Crippen molar-refractivity contribution >= 4 is 83.9 Å². The Balaban J connectivity index is 1.19. The van der Waals surface area contributed by atoms with E-state index in [1.165, 1.54) is 6.20 Å². The second kappa shape index (κ2) is 16.0. The van der Waals surface area contributed by atoms with E-state index < -0.39 is 5.91 Å². The van der Waals surface area contributed by atoms with Gasteiger partial charge in [-0.05, 0) is 54.9 Å². The number of hydrogen-bond acceptors (Lipinski definition) is 8. The molecule has 1 aliphatic carbocycles. The molecular formula is C33H40Cl2N7O4P. The summed E-state index contributed by atoms with van der Waals surface area (Å²) in [4.78, 5) is 60.4. The number of fused-ring (bicyclic) bond motifs is 1. The first-order chi connectivity index (χ1) is 22.8. The summed E-state index contributed by atoms with van der Waals surface area (Å²) < 4.78 is 2.09. The first kappa shape index (κ1) is 34.8. The number of carbonyl (C=O) groups is 3. The highest BCUT2D eigenvalue weighted by Gasteiger charge is 2.31. The largest absolute Gasteiger partial charge is 0.369 e. The quantitative estimate of drug-likeness (QED) is 0.0744. The van der Waals surface area contributed by atoms with Gasteiger partial charge in [0.2, 0.25) is 5.91 Å². The fourth-order valence-electron chi connectivity index (χ4n) is 6.11. The van der Waals surface area contributed by atoms with Crippen molar-refractivity contribution < 1.29 is 14.4 Å². The summed E-state index contributed by atoms with van der Waals surface area (Å²) in [5, 5.41) is 3.32. The fourth-order valence-corrected chi connectivity index (χ4v) is 6.97. The SMILES string of the molecule is Cn1c(CCCC(=O)N2CCN(c3cc(N(/C=C/C(=O)N=O)C4CC4)c(C=O)cc3P)CC2)nc2cc(N(CCCl)CCCl)ccc21. The molecule has 2 fully saturated rings. The third-order valence-electron chi connectivity index (χ3n) is 8.78. The zero-order valence-corrected chi connectivity index (χ0v) is 29.2. The molecule has 1 atom stereocenters. The summed E-state index contributed by atoms with van der Waals surface area (Å²) in [6.45, 7) is 3.91. The number of hydrogen-bond donors (Lipinski definition) is 0. The van der Waals surface area contributed by atoms with Crippen molar-refractivity contribution in [3.05, 3.63) is 58.9 Å². The molecule has 2 aliphatic rings. The van der Waals surface area contributed by atoms with Gasteiger partial charge in [0.15, 0.2) is 6.29 Å². The van der Waals surface area contributed by atoms with Gasteiger partial charge in [-0.2, -0.15) is 0 Å². The molecule has 5 rings (SSSR count). The Morgan fingerprint density at radius 3 is 2.45 bits per heavy atom. The molecule has 2 aromatic carbocycles. The molecule has 1 aromatic heterocycles. The Kier molecular flexibility index (Phi) is 11.9. The molecule has 0 bridgehead atoms. The van der Waals surface area contributed by atoms with E-state index in [9.17, 15) is 19.3 Å². The summed E-state index contributed by atoms with van der Waals surface area (Å²) in [7, 11) is 4.72. The van der Waals surface area contributed by atoms with Crippen molar-refractivity contribution in [3.63, 3.8) is 0 Å². The average molecular weight is 701 g/mol. The molecule has 2 heterocycles. The van der Waals surface area contributed by atoms with E-state index >= 15 is 0 Å². The molecule has 1 saturated heterocycles. The summed E-state index contributed by atoms with van der Waals surface area (Å²) in [6.07, 6.45) is 7.15. The van der Waals surface area contributed by atoms with Crippen LogP contribution in [0.5, 0.6) is 0 Å². The molecule has 14 heteroatoms. The molecule has 47 heavy (non-hydrogen) atoms. The van der Waals surface area contributed by atoms with E-state index in [1.807, 2.05) is 29.0 Å². The molecule has 0 N–H and O–H groups in total. The first-order valence-corrected chi connectivity index (χ1v) is 17.5. The smallest absolute Gasteiger partial charge is 0.311 e. The number of benzene rings is 2. The topological polar surface area (TPSA) is 111 Å². The number of imidazole rings is 1. The van der Waals surface area contributed by atoms with Crippen LogP contribution in [-0.4, -0.2) is 89.6 Å². The van der Waals surface area contributed by atoms with E-state index in [2.05, 4.69) is 47.0 Å². The lowest BCUT2D eigenvalue weighted by Gasteiger charge is -2.37. The van der Waals surface area contributed by atoms with Crippen LogP contribution >= 0.6 is 32.4 Å². The lowest BCUT2D eigenvalue weighted by Crippen LogP contribution is -2.49. The maximum atomic E-state index is 13.2. The van der Waals surface area contributed by atoms with E-state index in [0.717, 1.165) is 58.7 Å². The van der Waals surface area contributed by atoms with Crippen LogP contribution in [0, 0.1) is 4.91 Å². The number of rotatable bonds is 15. The highest BCUT2D eigenvalue weighted by Crippen LogP contribution is 2.36. The molecule has 2 amide bonds. The third kappa shape index (κ3) is 8.31. The molecule has 1 unspecified atom stereocenters. The number of amides is 2. The van der Waals surface area contributed by atoms with Crippen molar-refractivity contribution in [3.8, 4) is 0 Å². The van der Waals surface area contributed by atoms with Crippen molar-refractivity contribution in [2.45, 2.75) is 38.1 Å². The van der Waals surface area contributed by atoms with Crippen LogP contribution in [0.3, 0.4) is 0 Å². The molecule has 0 spiro atoms. The number of halogens is 2. The van der Waals surface area contributed by atoms with Crippen LogP contribution in [0.1, 0.15) is 41.9 Å². The minimum absolute atomic E-state index is 0.130. The molecule has 3 aromatic rings. The zero-order chi connectivity index (χ0) is 33.5. The normalized spacial score (nSPS) is 15.0.